The van der Waals surface area contributed by atoms with Gasteiger partial charge in [0.15, 0.2) is 0 Å². The highest BCUT2D eigenvalue weighted by molar-refractivity contribution is 5.97. The van der Waals surface area contributed by atoms with Crippen molar-refractivity contribution in [2.24, 2.45) is 0 Å². The quantitative estimate of drug-likeness (QED) is 0.593. The van der Waals surface area contributed by atoms with E-state index in [0.29, 0.717) is 24.3 Å². The molecule has 1 heterocycles. The first-order valence-electron chi connectivity index (χ1n) is 10.3. The molecule has 4 rings (SSSR count). The molecule has 1 atom stereocenters. The van der Waals surface area contributed by atoms with Crippen molar-refractivity contribution >= 4 is 23.4 Å². The molecule has 2 amide bonds. The minimum absolute atomic E-state index is 0.187. The van der Waals surface area contributed by atoms with E-state index in [0.717, 1.165) is 23.1 Å². The van der Waals surface area contributed by atoms with Crippen molar-refractivity contribution in [2.75, 3.05) is 17.6 Å². The summed E-state index contributed by atoms with van der Waals surface area (Å²) in [7, 11) is 0. The lowest BCUT2D eigenvalue weighted by Crippen LogP contribution is -2.43. The van der Waals surface area contributed by atoms with Crippen LogP contribution in [-0.2, 0) is 16.1 Å². The average Bonchev–Trinajstić information content (AvgIpc) is 3.29. The second-order valence-electron chi connectivity index (χ2n) is 7.59. The number of amides is 2. The first kappa shape index (κ1) is 20.5. The van der Waals surface area contributed by atoms with Crippen molar-refractivity contribution in [2.45, 2.75) is 25.5 Å². The maximum Gasteiger partial charge on any atom is 0.410 e. The maximum atomic E-state index is 12.9. The number of benzene rings is 3. The Bertz CT molecular complexity index is 1070. The standard InChI is InChI=1S/C25H25N3O3/c26-21-11-4-9-19(15-21)20-10-5-12-22(16-20)27-24(29)23-13-6-14-28(23)25(30)31-17-18-7-2-1-3-8-18/h1-5,7-12,15-16,23H,6,13-14,17,26H2,(H,27,29). The molecule has 1 aliphatic heterocycles. The zero-order valence-electron chi connectivity index (χ0n) is 17.2. The third kappa shape index (κ3) is 5.04. The molecule has 0 radical (unpaired) electrons. The molecule has 0 spiro atoms. The molecule has 1 unspecified atom stereocenters. The van der Waals surface area contributed by atoms with Gasteiger partial charge in [0.1, 0.15) is 12.6 Å². The van der Waals surface area contributed by atoms with E-state index < -0.39 is 12.1 Å². The van der Waals surface area contributed by atoms with Gasteiger partial charge in [0, 0.05) is 17.9 Å². The summed E-state index contributed by atoms with van der Waals surface area (Å²) >= 11 is 0. The number of likely N-dealkylation sites (tertiary alicyclic amines) is 1. The fraction of sp³-hybridized carbons (Fsp3) is 0.200. The van der Waals surface area contributed by atoms with E-state index in [-0.39, 0.29) is 12.5 Å². The molecule has 0 saturated carbocycles. The van der Waals surface area contributed by atoms with Crippen LogP contribution in [0.5, 0.6) is 0 Å². The number of hydrogen-bond donors (Lipinski definition) is 2. The Balaban J connectivity index is 1.40. The monoisotopic (exact) mass is 415 g/mol. The van der Waals surface area contributed by atoms with Gasteiger partial charge >= 0.3 is 6.09 Å². The number of anilines is 2. The van der Waals surface area contributed by atoms with Crippen molar-refractivity contribution in [1.29, 1.82) is 0 Å². The SMILES string of the molecule is Nc1cccc(-c2cccc(NC(=O)C3CCCN3C(=O)OCc3ccccc3)c2)c1. The van der Waals surface area contributed by atoms with Crippen molar-refractivity contribution in [1.82, 2.24) is 4.90 Å². The van der Waals surface area contributed by atoms with Gasteiger partial charge in [0.25, 0.3) is 0 Å². The van der Waals surface area contributed by atoms with Crippen LogP contribution in [0.4, 0.5) is 16.2 Å². The Morgan fingerprint density at radius 2 is 1.71 bits per heavy atom. The van der Waals surface area contributed by atoms with Crippen molar-refractivity contribution in [3.8, 4) is 11.1 Å². The lowest BCUT2D eigenvalue weighted by Gasteiger charge is -2.23. The third-order valence-electron chi connectivity index (χ3n) is 5.35. The smallest absolute Gasteiger partial charge is 0.410 e. The summed E-state index contributed by atoms with van der Waals surface area (Å²) in [5.41, 5.74) is 10.1. The minimum atomic E-state index is -0.542. The van der Waals surface area contributed by atoms with Crippen LogP contribution in [0.2, 0.25) is 0 Å². The molecule has 6 nitrogen and oxygen atoms in total. The third-order valence-corrected chi connectivity index (χ3v) is 5.35. The Kier molecular flexibility index (Phi) is 6.17. The van der Waals surface area contributed by atoms with Gasteiger partial charge in [0.2, 0.25) is 5.91 Å². The first-order valence-corrected chi connectivity index (χ1v) is 10.3. The molecule has 1 aliphatic rings. The Hall–Kier alpha value is -3.80. The molecular weight excluding hydrogens is 390 g/mol. The summed E-state index contributed by atoms with van der Waals surface area (Å²) < 4.78 is 5.43. The van der Waals surface area contributed by atoms with Crippen LogP contribution in [0.15, 0.2) is 78.9 Å². The lowest BCUT2D eigenvalue weighted by molar-refractivity contribution is -0.120. The van der Waals surface area contributed by atoms with Crippen molar-refractivity contribution < 1.29 is 14.3 Å². The summed E-state index contributed by atoms with van der Waals surface area (Å²) in [6.45, 7) is 0.696. The van der Waals surface area contributed by atoms with Gasteiger partial charge < -0.3 is 15.8 Å². The summed E-state index contributed by atoms with van der Waals surface area (Å²) in [5.74, 6) is -0.209. The molecule has 1 saturated heterocycles. The van der Waals surface area contributed by atoms with Gasteiger partial charge in [-0.05, 0) is 53.8 Å². The molecule has 0 aromatic heterocycles. The zero-order chi connectivity index (χ0) is 21.6. The largest absolute Gasteiger partial charge is 0.445 e. The molecular formula is C25H25N3O3. The van der Waals surface area contributed by atoms with E-state index >= 15 is 0 Å². The topological polar surface area (TPSA) is 84.7 Å². The minimum Gasteiger partial charge on any atom is -0.445 e. The molecule has 158 valence electrons. The van der Waals surface area contributed by atoms with Gasteiger partial charge in [-0.1, -0.05) is 54.6 Å². The molecule has 0 aliphatic carbocycles. The Morgan fingerprint density at radius 1 is 0.968 bits per heavy atom. The number of rotatable bonds is 5. The van der Waals surface area contributed by atoms with Crippen LogP contribution in [-0.4, -0.2) is 29.5 Å². The second-order valence-corrected chi connectivity index (χ2v) is 7.59. The van der Waals surface area contributed by atoms with E-state index in [2.05, 4.69) is 5.32 Å². The average molecular weight is 415 g/mol. The number of nitrogens with one attached hydrogen (secondary N) is 1. The predicted octanol–water partition coefficient (Wildman–Crippen LogP) is 4.68. The summed E-state index contributed by atoms with van der Waals surface area (Å²) in [5, 5.41) is 2.95. The van der Waals surface area contributed by atoms with Crippen molar-refractivity contribution in [3.63, 3.8) is 0 Å². The highest BCUT2D eigenvalue weighted by atomic mass is 16.6. The fourth-order valence-corrected chi connectivity index (χ4v) is 3.78. The van der Waals surface area contributed by atoms with E-state index in [1.165, 1.54) is 4.90 Å². The number of ether oxygens (including phenoxy) is 1. The van der Waals surface area contributed by atoms with Gasteiger partial charge in [-0.3, -0.25) is 9.69 Å². The zero-order valence-corrected chi connectivity index (χ0v) is 17.2. The summed E-state index contributed by atoms with van der Waals surface area (Å²) in [6.07, 6.45) is 0.915. The van der Waals surface area contributed by atoms with Crippen LogP contribution < -0.4 is 11.1 Å². The van der Waals surface area contributed by atoms with Crippen molar-refractivity contribution in [3.05, 3.63) is 84.4 Å². The van der Waals surface area contributed by atoms with Gasteiger partial charge in [-0.2, -0.15) is 0 Å². The molecule has 1 fully saturated rings. The number of hydrogen-bond acceptors (Lipinski definition) is 4. The van der Waals surface area contributed by atoms with Crippen LogP contribution in [0.25, 0.3) is 11.1 Å². The number of nitrogens with two attached hydrogens (primary N) is 1. The molecule has 6 heteroatoms. The number of carbonyl (C=O) groups is 2. The number of nitrogen functional groups attached to an aromatic ring is 1. The summed E-state index contributed by atoms with van der Waals surface area (Å²) in [4.78, 5) is 27.0. The molecule has 0 bridgehead atoms. The molecule has 3 N–H and O–H groups in total. The molecule has 31 heavy (non-hydrogen) atoms. The van der Waals surface area contributed by atoms with Crippen LogP contribution in [0.3, 0.4) is 0 Å². The summed E-state index contributed by atoms with van der Waals surface area (Å²) in [6, 6.07) is 24.1. The van der Waals surface area contributed by atoms with Gasteiger partial charge in [0.05, 0.1) is 0 Å². The maximum absolute atomic E-state index is 12.9. The fourth-order valence-electron chi connectivity index (χ4n) is 3.78. The highest BCUT2D eigenvalue weighted by Crippen LogP contribution is 2.25. The predicted molar refractivity (Wildman–Crippen MR) is 121 cm³/mol. The van der Waals surface area contributed by atoms with E-state index in [1.807, 2.05) is 78.9 Å². The highest BCUT2D eigenvalue weighted by Gasteiger charge is 2.35. The van der Waals surface area contributed by atoms with Crippen LogP contribution in [0.1, 0.15) is 18.4 Å². The van der Waals surface area contributed by atoms with E-state index in [9.17, 15) is 9.59 Å². The van der Waals surface area contributed by atoms with E-state index in [4.69, 9.17) is 10.5 Å². The van der Waals surface area contributed by atoms with E-state index in [1.54, 1.807) is 0 Å². The molecule has 3 aromatic rings. The lowest BCUT2D eigenvalue weighted by atomic mass is 10.0. The second kappa shape index (κ2) is 9.34. The van der Waals surface area contributed by atoms with Gasteiger partial charge in [-0.15, -0.1) is 0 Å². The molecule has 3 aromatic carbocycles. The Labute approximate surface area is 181 Å². The number of carbonyl (C=O) groups excluding carboxylic acids is 2. The van der Waals surface area contributed by atoms with Gasteiger partial charge in [-0.25, -0.2) is 4.79 Å². The van der Waals surface area contributed by atoms with Crippen LogP contribution >= 0.6 is 0 Å². The normalized spacial score (nSPS) is 15.5. The Morgan fingerprint density at radius 3 is 2.48 bits per heavy atom. The number of nitrogens with zero attached hydrogens (tertiary/aromatic N) is 1. The van der Waals surface area contributed by atoms with Crippen LogP contribution in [0, 0.1) is 0 Å². The first-order chi connectivity index (χ1) is 15.1.